The Hall–Kier alpha value is -0.480. The second kappa shape index (κ2) is 3.63. The zero-order valence-electron chi connectivity index (χ0n) is 6.34. The maximum Gasteiger partial charge on any atom is 0.0203 e. The molecule has 0 radical (unpaired) electrons. The fourth-order valence-corrected chi connectivity index (χ4v) is 1.66. The van der Waals surface area contributed by atoms with Gasteiger partial charge in [0.15, 0.2) is 0 Å². The number of nitrogens with two attached hydrogens (primary N) is 1. The zero-order valence-corrected chi connectivity index (χ0v) is 6.34. The van der Waals surface area contributed by atoms with Crippen LogP contribution in [0.15, 0.2) is 0 Å². The van der Waals surface area contributed by atoms with E-state index in [4.69, 9.17) is 12.2 Å². The normalized spacial score (nSPS) is 33.2. The van der Waals surface area contributed by atoms with Crippen molar-refractivity contribution >= 4 is 0 Å². The van der Waals surface area contributed by atoms with Crippen molar-refractivity contribution < 1.29 is 0 Å². The molecule has 10 heavy (non-hydrogen) atoms. The van der Waals surface area contributed by atoms with Crippen LogP contribution < -0.4 is 5.73 Å². The van der Waals surface area contributed by atoms with Gasteiger partial charge in [0, 0.05) is 5.92 Å². The summed E-state index contributed by atoms with van der Waals surface area (Å²) in [6, 6.07) is 0. The van der Waals surface area contributed by atoms with Gasteiger partial charge in [0.25, 0.3) is 0 Å². The largest absolute Gasteiger partial charge is 0.330 e. The van der Waals surface area contributed by atoms with Gasteiger partial charge < -0.3 is 5.73 Å². The Kier molecular flexibility index (Phi) is 2.77. The SMILES string of the molecule is C#C[C@@H]1CCC[C@H](CN)C1. The third kappa shape index (κ3) is 1.75. The van der Waals surface area contributed by atoms with Gasteiger partial charge in [-0.1, -0.05) is 6.42 Å². The van der Waals surface area contributed by atoms with E-state index in [9.17, 15) is 0 Å². The van der Waals surface area contributed by atoms with Crippen molar-refractivity contribution in [2.24, 2.45) is 17.6 Å². The molecular weight excluding hydrogens is 122 g/mol. The number of hydrogen-bond donors (Lipinski definition) is 1. The van der Waals surface area contributed by atoms with Crippen LogP contribution in [0.1, 0.15) is 25.7 Å². The molecule has 0 amide bonds. The summed E-state index contributed by atoms with van der Waals surface area (Å²) >= 11 is 0. The molecule has 56 valence electrons. The molecular formula is C9H15N. The second-order valence-corrected chi connectivity index (χ2v) is 3.13. The highest BCUT2D eigenvalue weighted by Crippen LogP contribution is 2.27. The lowest BCUT2D eigenvalue weighted by Crippen LogP contribution is -2.21. The first-order chi connectivity index (χ1) is 4.86. The summed E-state index contributed by atoms with van der Waals surface area (Å²) in [5.74, 6) is 4.03. The number of terminal acetylenes is 1. The summed E-state index contributed by atoms with van der Waals surface area (Å²) in [6.07, 6.45) is 10.3. The summed E-state index contributed by atoms with van der Waals surface area (Å²) in [4.78, 5) is 0. The van der Waals surface area contributed by atoms with Crippen LogP contribution in [0.2, 0.25) is 0 Å². The first-order valence-corrected chi connectivity index (χ1v) is 4.03. The lowest BCUT2D eigenvalue weighted by molar-refractivity contribution is 0.318. The van der Waals surface area contributed by atoms with Crippen LogP contribution in [0.4, 0.5) is 0 Å². The van der Waals surface area contributed by atoms with Gasteiger partial charge in [0.05, 0.1) is 0 Å². The summed E-state index contributed by atoms with van der Waals surface area (Å²) < 4.78 is 0. The molecule has 0 aromatic heterocycles. The Morgan fingerprint density at radius 2 is 2.30 bits per heavy atom. The molecule has 0 aromatic rings. The number of hydrogen-bond acceptors (Lipinski definition) is 1. The van der Waals surface area contributed by atoms with E-state index in [1.54, 1.807) is 0 Å². The van der Waals surface area contributed by atoms with Crippen molar-refractivity contribution in [2.45, 2.75) is 25.7 Å². The molecule has 2 atom stereocenters. The smallest absolute Gasteiger partial charge is 0.0203 e. The van der Waals surface area contributed by atoms with Crippen LogP contribution in [0, 0.1) is 24.2 Å². The summed E-state index contributed by atoms with van der Waals surface area (Å²) in [5, 5.41) is 0. The molecule has 0 aromatic carbocycles. The summed E-state index contributed by atoms with van der Waals surface area (Å²) in [7, 11) is 0. The Morgan fingerprint density at radius 1 is 1.50 bits per heavy atom. The standard InChI is InChI=1S/C9H15N/c1-2-8-4-3-5-9(6-8)7-10/h1,8-9H,3-7,10H2/t8-,9+/m1/s1. The minimum Gasteiger partial charge on any atom is -0.330 e. The van der Waals surface area contributed by atoms with E-state index in [0.717, 1.165) is 13.0 Å². The van der Waals surface area contributed by atoms with Crippen LogP contribution in [-0.2, 0) is 0 Å². The van der Waals surface area contributed by atoms with E-state index in [-0.39, 0.29) is 0 Å². The Bertz CT molecular complexity index is 134. The topological polar surface area (TPSA) is 26.0 Å². The first kappa shape index (κ1) is 7.63. The third-order valence-electron chi connectivity index (χ3n) is 2.35. The van der Waals surface area contributed by atoms with Crippen LogP contribution in [-0.4, -0.2) is 6.54 Å². The molecule has 0 aliphatic heterocycles. The van der Waals surface area contributed by atoms with Crippen LogP contribution >= 0.6 is 0 Å². The molecule has 0 heterocycles. The van der Waals surface area contributed by atoms with Crippen LogP contribution in [0.25, 0.3) is 0 Å². The van der Waals surface area contributed by atoms with E-state index in [2.05, 4.69) is 5.92 Å². The van der Waals surface area contributed by atoms with E-state index < -0.39 is 0 Å². The summed E-state index contributed by atoms with van der Waals surface area (Å²) in [6.45, 7) is 0.818. The molecule has 1 saturated carbocycles. The van der Waals surface area contributed by atoms with Gasteiger partial charge in [0.2, 0.25) is 0 Å². The van der Waals surface area contributed by atoms with Crippen LogP contribution in [0.5, 0.6) is 0 Å². The highest BCUT2D eigenvalue weighted by Gasteiger charge is 2.18. The molecule has 0 spiro atoms. The molecule has 1 fully saturated rings. The predicted octanol–water partition coefficient (Wildman–Crippen LogP) is 1.38. The Balaban J connectivity index is 2.33. The molecule has 0 saturated heterocycles. The van der Waals surface area contributed by atoms with Crippen molar-refractivity contribution in [3.8, 4) is 12.3 Å². The Labute approximate surface area is 63.0 Å². The average Bonchev–Trinajstić information content (AvgIpc) is 2.05. The minimum absolute atomic E-state index is 0.516. The van der Waals surface area contributed by atoms with E-state index in [1.165, 1.54) is 19.3 Å². The Morgan fingerprint density at radius 3 is 2.90 bits per heavy atom. The molecule has 1 aliphatic rings. The van der Waals surface area contributed by atoms with E-state index in [0.29, 0.717) is 11.8 Å². The molecule has 1 rings (SSSR count). The predicted molar refractivity (Wildman–Crippen MR) is 43.3 cm³/mol. The molecule has 0 bridgehead atoms. The zero-order chi connectivity index (χ0) is 7.40. The van der Waals surface area contributed by atoms with Gasteiger partial charge in [-0.2, -0.15) is 0 Å². The van der Waals surface area contributed by atoms with Crippen molar-refractivity contribution in [3.05, 3.63) is 0 Å². The van der Waals surface area contributed by atoms with Crippen molar-refractivity contribution in [3.63, 3.8) is 0 Å². The van der Waals surface area contributed by atoms with Gasteiger partial charge in [-0.3, -0.25) is 0 Å². The van der Waals surface area contributed by atoms with Gasteiger partial charge >= 0.3 is 0 Å². The van der Waals surface area contributed by atoms with Gasteiger partial charge in [-0.15, -0.1) is 12.3 Å². The molecule has 1 aliphatic carbocycles. The lowest BCUT2D eigenvalue weighted by atomic mass is 9.82. The fourth-order valence-electron chi connectivity index (χ4n) is 1.66. The van der Waals surface area contributed by atoms with Gasteiger partial charge in [-0.05, 0) is 31.7 Å². The average molecular weight is 137 g/mol. The monoisotopic (exact) mass is 137 g/mol. The highest BCUT2D eigenvalue weighted by atomic mass is 14.5. The maximum absolute atomic E-state index is 5.55. The number of rotatable bonds is 1. The maximum atomic E-state index is 5.55. The quantitative estimate of drug-likeness (QED) is 0.543. The second-order valence-electron chi connectivity index (χ2n) is 3.13. The third-order valence-corrected chi connectivity index (χ3v) is 2.35. The molecule has 1 nitrogen and oxygen atoms in total. The van der Waals surface area contributed by atoms with Crippen molar-refractivity contribution in [2.75, 3.05) is 6.54 Å². The van der Waals surface area contributed by atoms with Gasteiger partial charge in [0.1, 0.15) is 0 Å². The first-order valence-electron chi connectivity index (χ1n) is 4.03. The molecule has 2 N–H and O–H groups in total. The lowest BCUT2D eigenvalue weighted by Gasteiger charge is -2.24. The van der Waals surface area contributed by atoms with Crippen molar-refractivity contribution in [1.29, 1.82) is 0 Å². The van der Waals surface area contributed by atoms with E-state index in [1.807, 2.05) is 0 Å². The fraction of sp³-hybridized carbons (Fsp3) is 0.778. The van der Waals surface area contributed by atoms with Crippen LogP contribution in [0.3, 0.4) is 0 Å². The minimum atomic E-state index is 0.516. The van der Waals surface area contributed by atoms with Crippen molar-refractivity contribution in [1.82, 2.24) is 0 Å². The molecule has 0 unspecified atom stereocenters. The highest BCUT2D eigenvalue weighted by molar-refractivity contribution is 4.95. The van der Waals surface area contributed by atoms with Gasteiger partial charge in [-0.25, -0.2) is 0 Å². The van der Waals surface area contributed by atoms with E-state index >= 15 is 0 Å². The summed E-state index contributed by atoms with van der Waals surface area (Å²) in [5.41, 5.74) is 5.55. The molecule has 1 heteroatoms.